The van der Waals surface area contributed by atoms with Crippen LogP contribution in [0.2, 0.25) is 0 Å². The molecule has 0 aliphatic heterocycles. The third kappa shape index (κ3) is 4.74. The van der Waals surface area contributed by atoms with E-state index in [1.54, 1.807) is 0 Å². The number of carbonyl (C=O) groups is 1. The first-order chi connectivity index (χ1) is 14.6. The van der Waals surface area contributed by atoms with Crippen molar-refractivity contribution in [1.29, 1.82) is 0 Å². The summed E-state index contributed by atoms with van der Waals surface area (Å²) in [5.41, 5.74) is -5.76. The lowest BCUT2D eigenvalue weighted by molar-refractivity contribution is -0.144. The topological polar surface area (TPSA) is 51.2 Å². The summed E-state index contributed by atoms with van der Waals surface area (Å²) >= 11 is 0.546. The largest absolute Gasteiger partial charge is 0.496 e. The zero-order valence-corrected chi connectivity index (χ0v) is 16.3. The lowest BCUT2D eigenvalue weighted by atomic mass is 10.0. The lowest BCUT2D eigenvalue weighted by Gasteiger charge is -2.18. The molecule has 3 aromatic rings. The molecule has 0 fully saturated rings. The van der Waals surface area contributed by atoms with Gasteiger partial charge in [0.1, 0.15) is 5.75 Å². The Bertz CT molecular complexity index is 1180. The van der Waals surface area contributed by atoms with Crippen molar-refractivity contribution in [3.05, 3.63) is 52.6 Å². The van der Waals surface area contributed by atoms with Gasteiger partial charge in [-0.1, -0.05) is 11.3 Å². The number of hydrogen-bond donors (Lipinski definition) is 1. The van der Waals surface area contributed by atoms with E-state index >= 15 is 0 Å². The van der Waals surface area contributed by atoms with Gasteiger partial charge in [-0.15, -0.1) is 0 Å². The Kier molecular flexibility index (Phi) is 5.78. The maximum Gasteiger partial charge on any atom is 0.419 e. The normalized spacial score (nSPS) is 12.8. The van der Waals surface area contributed by atoms with Crippen LogP contribution in [0, 0.1) is 0 Å². The molecule has 0 spiro atoms. The van der Waals surface area contributed by atoms with Gasteiger partial charge in [0.2, 0.25) is 0 Å². The van der Waals surface area contributed by atoms with Crippen LogP contribution in [0.4, 0.5) is 44.6 Å². The first kappa shape index (κ1) is 23.6. The predicted octanol–water partition coefficient (Wildman–Crippen LogP) is 6.61. The van der Waals surface area contributed by atoms with Crippen molar-refractivity contribution in [2.24, 2.45) is 0 Å². The van der Waals surface area contributed by atoms with E-state index in [2.05, 4.69) is 9.72 Å². The van der Waals surface area contributed by atoms with E-state index in [-0.39, 0.29) is 27.5 Å². The van der Waals surface area contributed by atoms with Gasteiger partial charge >= 0.3 is 18.5 Å². The number of anilines is 1. The average Bonchev–Trinajstić information content (AvgIpc) is 3.06. The predicted molar refractivity (Wildman–Crippen MR) is 95.6 cm³/mol. The zero-order chi connectivity index (χ0) is 24.1. The quantitative estimate of drug-likeness (QED) is 0.422. The maximum atomic E-state index is 13.4. The average molecular weight is 488 g/mol. The molecule has 1 aromatic heterocycles. The monoisotopic (exact) mass is 488 g/mol. The summed E-state index contributed by atoms with van der Waals surface area (Å²) in [6, 6.07) is 2.52. The number of alkyl halides is 9. The summed E-state index contributed by atoms with van der Waals surface area (Å²) in [4.78, 5) is 16.3. The number of nitrogens with zero attached hydrogens (tertiary/aromatic N) is 1. The number of aromatic nitrogens is 1. The highest BCUT2D eigenvalue weighted by molar-refractivity contribution is 7.22. The second-order valence-corrected chi connectivity index (χ2v) is 7.28. The first-order valence-corrected chi connectivity index (χ1v) is 9.08. The molecule has 1 amide bonds. The van der Waals surface area contributed by atoms with Gasteiger partial charge in [-0.25, -0.2) is 4.98 Å². The second kappa shape index (κ2) is 7.83. The maximum absolute atomic E-state index is 13.4. The molecule has 0 radical (unpaired) electrons. The Morgan fingerprint density at radius 1 is 0.906 bits per heavy atom. The highest BCUT2D eigenvalue weighted by atomic mass is 32.1. The van der Waals surface area contributed by atoms with Gasteiger partial charge in [-0.2, -0.15) is 39.5 Å². The molecule has 14 heteroatoms. The number of nitrogens with one attached hydrogen (secondary N) is 1. The molecule has 0 bridgehead atoms. The summed E-state index contributed by atoms with van der Waals surface area (Å²) in [6.45, 7) is 0. The van der Waals surface area contributed by atoms with Gasteiger partial charge in [0.25, 0.3) is 5.91 Å². The standard InChI is InChI=1S/C18H9F9N2O2S/c1-31-12-5-8(9(17(22,23)24)6-10(12)18(25,26)27)14(30)29-15-28-11-3-2-7(16(19,20)21)4-13(11)32-15/h2-6H,1H3,(H,28,29,30). The molecule has 0 atom stereocenters. The number of rotatable bonds is 3. The van der Waals surface area contributed by atoms with Gasteiger partial charge < -0.3 is 4.74 Å². The zero-order valence-electron chi connectivity index (χ0n) is 15.5. The van der Waals surface area contributed by atoms with E-state index in [4.69, 9.17) is 0 Å². The summed E-state index contributed by atoms with van der Waals surface area (Å²) < 4.78 is 122. The van der Waals surface area contributed by atoms with Crippen LogP contribution in [-0.4, -0.2) is 18.0 Å². The molecular weight excluding hydrogens is 479 g/mol. The summed E-state index contributed by atoms with van der Waals surface area (Å²) in [7, 11) is 0.783. The molecule has 0 saturated carbocycles. The van der Waals surface area contributed by atoms with Gasteiger partial charge in [0, 0.05) is 0 Å². The van der Waals surface area contributed by atoms with Gasteiger partial charge in [-0.05, 0) is 30.3 Å². The van der Waals surface area contributed by atoms with Crippen LogP contribution in [0.1, 0.15) is 27.0 Å². The van der Waals surface area contributed by atoms with Crippen LogP contribution in [-0.2, 0) is 18.5 Å². The highest BCUT2D eigenvalue weighted by Gasteiger charge is 2.42. The molecule has 0 aliphatic rings. The fourth-order valence-corrected chi connectivity index (χ4v) is 3.61. The van der Waals surface area contributed by atoms with E-state index in [0.29, 0.717) is 11.3 Å². The molecule has 3 rings (SSSR count). The number of halogens is 9. The van der Waals surface area contributed by atoms with Crippen molar-refractivity contribution in [3.8, 4) is 5.75 Å². The number of ether oxygens (including phenoxy) is 1. The molecule has 32 heavy (non-hydrogen) atoms. The van der Waals surface area contributed by atoms with Gasteiger partial charge in [0.15, 0.2) is 5.13 Å². The van der Waals surface area contributed by atoms with Crippen LogP contribution in [0.25, 0.3) is 10.2 Å². The molecule has 0 aliphatic carbocycles. The Labute approximate surface area is 176 Å². The minimum absolute atomic E-state index is 0.0174. The third-order valence-corrected chi connectivity index (χ3v) is 5.06. The molecule has 0 unspecified atom stereocenters. The lowest BCUT2D eigenvalue weighted by Crippen LogP contribution is -2.21. The number of benzene rings is 2. The van der Waals surface area contributed by atoms with E-state index in [9.17, 15) is 44.3 Å². The van der Waals surface area contributed by atoms with Crippen molar-refractivity contribution in [3.63, 3.8) is 0 Å². The summed E-state index contributed by atoms with van der Waals surface area (Å²) in [6.07, 6.45) is -15.2. The summed E-state index contributed by atoms with van der Waals surface area (Å²) in [5.74, 6) is -2.49. The smallest absolute Gasteiger partial charge is 0.419 e. The summed E-state index contributed by atoms with van der Waals surface area (Å²) in [5, 5.41) is 1.63. The Morgan fingerprint density at radius 2 is 1.53 bits per heavy atom. The number of carbonyl (C=O) groups excluding carboxylic acids is 1. The second-order valence-electron chi connectivity index (χ2n) is 6.25. The van der Waals surface area contributed by atoms with Crippen molar-refractivity contribution in [2.75, 3.05) is 12.4 Å². The third-order valence-electron chi connectivity index (χ3n) is 4.13. The number of hydrogen-bond acceptors (Lipinski definition) is 4. The van der Waals surface area contributed by atoms with Crippen molar-refractivity contribution < 1.29 is 49.0 Å². The molecule has 0 saturated heterocycles. The van der Waals surface area contributed by atoms with Crippen molar-refractivity contribution in [1.82, 2.24) is 4.98 Å². The molecule has 1 heterocycles. The van der Waals surface area contributed by atoms with Gasteiger partial charge in [0.05, 0.1) is 39.6 Å². The van der Waals surface area contributed by atoms with E-state index in [1.165, 1.54) is 0 Å². The molecule has 172 valence electrons. The molecule has 4 nitrogen and oxygen atoms in total. The Hall–Kier alpha value is -3.03. The Balaban J connectivity index is 2.03. The SMILES string of the molecule is COc1cc(C(=O)Nc2nc3ccc(C(F)(F)F)cc3s2)c(C(F)(F)F)cc1C(F)(F)F. The molecule has 1 N–H and O–H groups in total. The van der Waals surface area contributed by atoms with Crippen LogP contribution < -0.4 is 10.1 Å². The number of amides is 1. The van der Waals surface area contributed by atoms with Crippen LogP contribution in [0.3, 0.4) is 0 Å². The van der Waals surface area contributed by atoms with Crippen LogP contribution >= 0.6 is 11.3 Å². The highest BCUT2D eigenvalue weighted by Crippen LogP contribution is 2.42. The minimum Gasteiger partial charge on any atom is -0.496 e. The number of thiazole rings is 1. The number of fused-ring (bicyclic) bond motifs is 1. The van der Waals surface area contributed by atoms with Crippen LogP contribution in [0.5, 0.6) is 5.75 Å². The van der Waals surface area contributed by atoms with E-state index in [1.807, 2.05) is 5.32 Å². The Morgan fingerprint density at radius 3 is 2.06 bits per heavy atom. The van der Waals surface area contributed by atoms with E-state index < -0.39 is 52.4 Å². The van der Waals surface area contributed by atoms with Gasteiger partial charge in [-0.3, -0.25) is 10.1 Å². The molecule has 2 aromatic carbocycles. The first-order valence-electron chi connectivity index (χ1n) is 8.27. The fourth-order valence-electron chi connectivity index (χ4n) is 2.71. The fraction of sp³-hybridized carbons (Fsp3) is 0.222. The van der Waals surface area contributed by atoms with Crippen LogP contribution in [0.15, 0.2) is 30.3 Å². The minimum atomic E-state index is -5.33. The van der Waals surface area contributed by atoms with Crippen molar-refractivity contribution >= 4 is 32.6 Å². The van der Waals surface area contributed by atoms with E-state index in [0.717, 1.165) is 25.3 Å². The molecular formula is C18H9F9N2O2S. The number of methoxy groups -OCH3 is 1. The van der Waals surface area contributed by atoms with Crippen molar-refractivity contribution in [2.45, 2.75) is 18.5 Å².